The van der Waals surface area contributed by atoms with Gasteiger partial charge in [0.05, 0.1) is 0 Å². The van der Waals surface area contributed by atoms with E-state index in [1.165, 1.54) is 27.8 Å². The highest BCUT2D eigenvalue weighted by atomic mass is 16.4. The highest BCUT2D eigenvalue weighted by Crippen LogP contribution is 2.53. The number of nitrogens with zero attached hydrogens (tertiary/aromatic N) is 2. The van der Waals surface area contributed by atoms with Crippen molar-refractivity contribution in [2.24, 2.45) is 0 Å². The Hall–Kier alpha value is -8.60. The van der Waals surface area contributed by atoms with E-state index in [9.17, 15) is 0 Å². The van der Waals surface area contributed by atoms with Crippen LogP contribution in [-0.4, -0.2) is 9.97 Å². The maximum atomic E-state index is 6.89. The van der Waals surface area contributed by atoms with Crippen LogP contribution >= 0.6 is 0 Å². The van der Waals surface area contributed by atoms with E-state index < -0.39 is 0 Å². The third-order valence-corrected chi connectivity index (χ3v) is 14.2. The van der Waals surface area contributed by atoms with Gasteiger partial charge in [-0.2, -0.15) is 0 Å². The molecule has 11 aromatic carbocycles. The van der Waals surface area contributed by atoms with Crippen molar-refractivity contribution in [3.05, 3.63) is 229 Å². The molecule has 0 N–H and O–H groups in total. The second-order valence-electron chi connectivity index (χ2n) is 17.8. The van der Waals surface area contributed by atoms with E-state index in [1.54, 1.807) is 0 Å². The smallest absolute Gasteiger partial charge is 0.227 e. The maximum Gasteiger partial charge on any atom is 0.227 e. The first kappa shape index (κ1) is 36.8. The summed E-state index contributed by atoms with van der Waals surface area (Å²) >= 11 is 0. The fourth-order valence-corrected chi connectivity index (χ4v) is 11.0. The van der Waals surface area contributed by atoms with Crippen LogP contribution in [0.25, 0.3) is 122 Å². The van der Waals surface area contributed by atoms with Gasteiger partial charge < -0.3 is 8.83 Å². The molecule has 4 nitrogen and oxygen atoms in total. The molecule has 0 spiro atoms. The van der Waals surface area contributed by atoms with Gasteiger partial charge in [0.1, 0.15) is 11.0 Å². The fourth-order valence-electron chi connectivity index (χ4n) is 11.0. The third-order valence-electron chi connectivity index (χ3n) is 14.2. The minimum Gasteiger partial charge on any atom is -0.435 e. The molecule has 1 aliphatic carbocycles. The summed E-state index contributed by atoms with van der Waals surface area (Å²) in [7, 11) is 0. The lowest BCUT2D eigenvalue weighted by Crippen LogP contribution is -2.22. The van der Waals surface area contributed by atoms with Gasteiger partial charge in [-0.25, -0.2) is 9.97 Å². The highest BCUT2D eigenvalue weighted by molar-refractivity contribution is 6.24. The van der Waals surface area contributed by atoms with Gasteiger partial charge in [0.2, 0.25) is 11.8 Å². The Labute approximate surface area is 380 Å². The Bertz CT molecular complexity index is 3820. The Kier molecular flexibility index (Phi) is 7.79. The Morgan fingerprint density at radius 1 is 0.318 bits per heavy atom. The molecule has 1 aliphatic rings. The topological polar surface area (TPSA) is 52.1 Å². The van der Waals surface area contributed by atoms with Crippen molar-refractivity contribution >= 4 is 65.3 Å². The van der Waals surface area contributed by atoms with E-state index in [4.69, 9.17) is 18.8 Å². The third kappa shape index (κ3) is 5.33. The van der Waals surface area contributed by atoms with Crippen molar-refractivity contribution in [3.63, 3.8) is 0 Å². The largest absolute Gasteiger partial charge is 0.435 e. The number of aromatic nitrogens is 2. The van der Waals surface area contributed by atoms with Crippen molar-refractivity contribution in [1.82, 2.24) is 9.97 Å². The van der Waals surface area contributed by atoms with Gasteiger partial charge in [0.15, 0.2) is 11.2 Å². The van der Waals surface area contributed by atoms with Crippen LogP contribution in [0.2, 0.25) is 0 Å². The second-order valence-corrected chi connectivity index (χ2v) is 17.8. The molecular formula is C62H38N2O2. The van der Waals surface area contributed by atoms with E-state index in [1.807, 2.05) is 0 Å². The van der Waals surface area contributed by atoms with Gasteiger partial charge >= 0.3 is 0 Å². The lowest BCUT2D eigenvalue weighted by atomic mass is 9.74. The molecule has 1 unspecified atom stereocenters. The average molecular weight is 843 g/mol. The lowest BCUT2D eigenvalue weighted by Gasteiger charge is -2.28. The summed E-state index contributed by atoms with van der Waals surface area (Å²) in [6, 6.07) is 75.9. The van der Waals surface area contributed by atoms with Crippen LogP contribution in [-0.2, 0) is 5.41 Å². The summed E-state index contributed by atoms with van der Waals surface area (Å²) in [5.41, 5.74) is 15.5. The van der Waals surface area contributed by atoms with Gasteiger partial charge in [-0.3, -0.25) is 0 Å². The molecule has 0 saturated carbocycles. The standard InChI is InChI=1S/C62H38N2O2/c1-62(43-18-3-2-4-19-43)54-29-14-13-24-48(54)49-31-30-39(36-55(49)62)37-16-15-17-38(32-37)40-33-41(60-63-56-50-25-9-5-20-44(50)46-22-7-11-27-52(46)58(56)65-60)35-42(34-40)61-64-57-51-26-10-6-21-45(51)47-23-8-12-28-53(47)59(57)66-61/h2-36H,1H3. The lowest BCUT2D eigenvalue weighted by molar-refractivity contribution is 0.620. The van der Waals surface area contributed by atoms with Crippen molar-refractivity contribution in [3.8, 4) is 56.3 Å². The Morgan fingerprint density at radius 2 is 0.742 bits per heavy atom. The van der Waals surface area contributed by atoms with E-state index in [2.05, 4.69) is 219 Å². The fraction of sp³-hybridized carbons (Fsp3) is 0.0323. The molecule has 0 bridgehead atoms. The minimum absolute atomic E-state index is 0.295. The molecule has 66 heavy (non-hydrogen) atoms. The van der Waals surface area contributed by atoms with Crippen LogP contribution in [0.15, 0.2) is 221 Å². The summed E-state index contributed by atoms with van der Waals surface area (Å²) < 4.78 is 13.8. The Balaban J connectivity index is 0.971. The molecule has 0 aliphatic heterocycles. The molecular weight excluding hydrogens is 805 g/mol. The van der Waals surface area contributed by atoms with Crippen LogP contribution in [0.1, 0.15) is 23.6 Å². The maximum absolute atomic E-state index is 6.89. The summed E-state index contributed by atoms with van der Waals surface area (Å²) in [5.74, 6) is 1.08. The van der Waals surface area contributed by atoms with Gasteiger partial charge in [-0.05, 0) is 109 Å². The molecule has 308 valence electrons. The molecule has 0 saturated heterocycles. The number of fused-ring (bicyclic) bond motifs is 15. The predicted molar refractivity (Wildman–Crippen MR) is 271 cm³/mol. The van der Waals surface area contributed by atoms with Crippen LogP contribution in [0.4, 0.5) is 0 Å². The SMILES string of the molecule is CC1(c2ccccc2)c2ccccc2-c2ccc(-c3cccc(-c4cc(-c5nc6c7ccccc7c7ccccc7c6o5)cc(-c5nc6c7ccccc7c7ccccc7c6o5)c4)c3)cc21. The normalized spacial score (nSPS) is 14.5. The molecule has 2 heterocycles. The van der Waals surface area contributed by atoms with Crippen LogP contribution in [0.5, 0.6) is 0 Å². The Morgan fingerprint density at radius 3 is 1.33 bits per heavy atom. The van der Waals surface area contributed by atoms with Crippen molar-refractivity contribution < 1.29 is 8.83 Å². The minimum atomic E-state index is -0.295. The van der Waals surface area contributed by atoms with Crippen LogP contribution < -0.4 is 0 Å². The number of rotatable bonds is 5. The summed E-state index contributed by atoms with van der Waals surface area (Å²) in [5, 5.41) is 8.77. The van der Waals surface area contributed by atoms with E-state index in [0.717, 1.165) is 98.7 Å². The zero-order valence-corrected chi connectivity index (χ0v) is 35.9. The summed E-state index contributed by atoms with van der Waals surface area (Å²) in [6.07, 6.45) is 0. The van der Waals surface area contributed by atoms with Gasteiger partial charge in [-0.1, -0.05) is 182 Å². The number of benzene rings is 11. The van der Waals surface area contributed by atoms with Crippen LogP contribution in [0.3, 0.4) is 0 Å². The van der Waals surface area contributed by atoms with Gasteiger partial charge in [0, 0.05) is 38.1 Å². The quantitative estimate of drug-likeness (QED) is 0.162. The zero-order valence-electron chi connectivity index (χ0n) is 35.9. The first-order valence-corrected chi connectivity index (χ1v) is 22.5. The molecule has 0 amide bonds. The van der Waals surface area contributed by atoms with Crippen molar-refractivity contribution in [2.45, 2.75) is 12.3 Å². The van der Waals surface area contributed by atoms with Crippen LogP contribution in [0, 0.1) is 0 Å². The van der Waals surface area contributed by atoms with Gasteiger partial charge in [-0.15, -0.1) is 0 Å². The molecule has 4 heteroatoms. The molecule has 1 atom stereocenters. The molecule has 13 aromatic rings. The highest BCUT2D eigenvalue weighted by Gasteiger charge is 2.40. The number of hydrogen-bond acceptors (Lipinski definition) is 4. The summed E-state index contributed by atoms with van der Waals surface area (Å²) in [6.45, 7) is 2.37. The summed E-state index contributed by atoms with van der Waals surface area (Å²) in [4.78, 5) is 10.6. The van der Waals surface area contributed by atoms with Gasteiger partial charge in [0.25, 0.3) is 0 Å². The van der Waals surface area contributed by atoms with E-state index in [0.29, 0.717) is 11.8 Å². The molecule has 0 fully saturated rings. The van der Waals surface area contributed by atoms with E-state index >= 15 is 0 Å². The average Bonchev–Trinajstić information content (AvgIpc) is 4.12. The van der Waals surface area contributed by atoms with E-state index in [-0.39, 0.29) is 5.41 Å². The first-order valence-electron chi connectivity index (χ1n) is 22.5. The molecule has 2 aromatic heterocycles. The monoisotopic (exact) mass is 842 g/mol. The molecule has 14 rings (SSSR count). The van der Waals surface area contributed by atoms with Crippen molar-refractivity contribution in [2.75, 3.05) is 0 Å². The zero-order chi connectivity index (χ0) is 43.5. The predicted octanol–water partition coefficient (Wildman–Crippen LogP) is 16.6. The number of hydrogen-bond donors (Lipinski definition) is 0. The van der Waals surface area contributed by atoms with Crippen molar-refractivity contribution in [1.29, 1.82) is 0 Å². The number of oxazole rings is 2. The molecule has 0 radical (unpaired) electrons. The second kappa shape index (κ2) is 13.9. The first-order chi connectivity index (χ1) is 32.6.